The van der Waals surface area contributed by atoms with Crippen molar-refractivity contribution in [1.82, 2.24) is 9.88 Å². The molecule has 0 unspecified atom stereocenters. The van der Waals surface area contributed by atoms with Crippen LogP contribution in [0, 0.1) is 0 Å². The highest BCUT2D eigenvalue weighted by molar-refractivity contribution is 5.95. The highest BCUT2D eigenvalue weighted by Gasteiger charge is 2.17. The summed E-state index contributed by atoms with van der Waals surface area (Å²) in [5, 5.41) is 3.11. The number of pyridine rings is 1. The van der Waals surface area contributed by atoms with Gasteiger partial charge in [-0.25, -0.2) is 4.98 Å². The summed E-state index contributed by atoms with van der Waals surface area (Å²) >= 11 is 0. The molecule has 1 heterocycles. The van der Waals surface area contributed by atoms with Gasteiger partial charge in [0.15, 0.2) is 0 Å². The van der Waals surface area contributed by atoms with Gasteiger partial charge in [0.1, 0.15) is 5.82 Å². The lowest BCUT2D eigenvalue weighted by Crippen LogP contribution is -2.36. The van der Waals surface area contributed by atoms with E-state index in [-0.39, 0.29) is 11.9 Å². The molecule has 0 bridgehead atoms. The van der Waals surface area contributed by atoms with Crippen LogP contribution in [0.1, 0.15) is 38.1 Å². The Hall–Kier alpha value is -1.58. The molecule has 0 aliphatic heterocycles. The van der Waals surface area contributed by atoms with Crippen molar-refractivity contribution in [2.45, 2.75) is 33.7 Å². The van der Waals surface area contributed by atoms with E-state index in [1.807, 2.05) is 32.6 Å². The van der Waals surface area contributed by atoms with Gasteiger partial charge in [-0.05, 0) is 39.8 Å². The number of anilines is 1. The summed E-state index contributed by atoms with van der Waals surface area (Å²) < 4.78 is 0. The lowest BCUT2D eigenvalue weighted by atomic mass is 10.2. The highest BCUT2D eigenvalue weighted by Crippen LogP contribution is 2.11. The first kappa shape index (κ1) is 13.5. The normalized spacial score (nSPS) is 10.4. The minimum atomic E-state index is 0.0593. The van der Waals surface area contributed by atoms with E-state index < -0.39 is 0 Å². The Balaban J connectivity index is 2.91. The number of aromatic nitrogens is 1. The zero-order valence-corrected chi connectivity index (χ0v) is 11.0. The van der Waals surface area contributed by atoms with E-state index in [0.29, 0.717) is 5.56 Å². The van der Waals surface area contributed by atoms with Gasteiger partial charge in [-0.2, -0.15) is 0 Å². The zero-order chi connectivity index (χ0) is 12.8. The van der Waals surface area contributed by atoms with Gasteiger partial charge >= 0.3 is 0 Å². The largest absolute Gasteiger partial charge is 0.370 e. The molecule has 1 amide bonds. The smallest absolute Gasteiger partial charge is 0.254 e. The quantitative estimate of drug-likeness (QED) is 0.852. The van der Waals surface area contributed by atoms with Crippen LogP contribution in [-0.4, -0.2) is 34.9 Å². The van der Waals surface area contributed by atoms with Crippen molar-refractivity contribution in [3.63, 3.8) is 0 Å². The predicted molar refractivity (Wildman–Crippen MR) is 70.2 cm³/mol. The molecule has 0 fully saturated rings. The molecule has 94 valence electrons. The first-order chi connectivity index (χ1) is 8.10. The molecule has 0 atom stereocenters. The lowest BCUT2D eigenvalue weighted by Gasteiger charge is -2.25. The maximum absolute atomic E-state index is 12.2. The summed E-state index contributed by atoms with van der Waals surface area (Å²) in [7, 11) is 0. The van der Waals surface area contributed by atoms with Crippen LogP contribution in [0.5, 0.6) is 0 Å². The molecular formula is C13H21N3O. The first-order valence-electron chi connectivity index (χ1n) is 6.11. The van der Waals surface area contributed by atoms with Crippen molar-refractivity contribution in [2.24, 2.45) is 0 Å². The molecule has 1 rings (SSSR count). The molecule has 4 nitrogen and oxygen atoms in total. The van der Waals surface area contributed by atoms with Gasteiger partial charge in [-0.15, -0.1) is 0 Å². The fourth-order valence-electron chi connectivity index (χ4n) is 1.75. The summed E-state index contributed by atoms with van der Waals surface area (Å²) in [5.41, 5.74) is 0.687. The third-order valence-corrected chi connectivity index (χ3v) is 2.59. The monoisotopic (exact) mass is 235 g/mol. The fraction of sp³-hybridized carbons (Fsp3) is 0.538. The summed E-state index contributed by atoms with van der Waals surface area (Å²) in [6.45, 7) is 9.55. The first-order valence-corrected chi connectivity index (χ1v) is 6.11. The average Bonchev–Trinajstić information content (AvgIpc) is 2.30. The van der Waals surface area contributed by atoms with E-state index in [4.69, 9.17) is 0 Å². The number of hydrogen-bond donors (Lipinski definition) is 1. The fourth-order valence-corrected chi connectivity index (χ4v) is 1.75. The standard InChI is InChI=1S/C13H21N3O/c1-5-14-12-9-11(7-8-15-12)13(17)16(6-2)10(3)4/h7-10H,5-6H2,1-4H3,(H,14,15). The molecule has 4 heteroatoms. The van der Waals surface area contributed by atoms with Crippen LogP contribution in [0.2, 0.25) is 0 Å². The molecule has 0 spiro atoms. The topological polar surface area (TPSA) is 45.2 Å². The second-order valence-corrected chi connectivity index (χ2v) is 4.15. The van der Waals surface area contributed by atoms with E-state index in [1.165, 1.54) is 0 Å². The van der Waals surface area contributed by atoms with E-state index in [1.54, 1.807) is 18.3 Å². The highest BCUT2D eigenvalue weighted by atomic mass is 16.2. The molecule has 1 aromatic rings. The van der Waals surface area contributed by atoms with E-state index in [0.717, 1.165) is 18.9 Å². The molecule has 0 aliphatic carbocycles. The third kappa shape index (κ3) is 3.44. The second kappa shape index (κ2) is 6.23. The van der Waals surface area contributed by atoms with Crippen molar-refractivity contribution in [2.75, 3.05) is 18.4 Å². The van der Waals surface area contributed by atoms with Crippen molar-refractivity contribution < 1.29 is 4.79 Å². The Kier molecular flexibility index (Phi) is 4.94. The minimum Gasteiger partial charge on any atom is -0.370 e. The van der Waals surface area contributed by atoms with Gasteiger partial charge in [0.2, 0.25) is 0 Å². The molecule has 1 aromatic heterocycles. The molecular weight excluding hydrogens is 214 g/mol. The number of amides is 1. The molecule has 0 radical (unpaired) electrons. The Morgan fingerprint density at radius 2 is 2.18 bits per heavy atom. The molecule has 0 aliphatic rings. The molecule has 0 saturated carbocycles. The van der Waals surface area contributed by atoms with Crippen LogP contribution in [-0.2, 0) is 0 Å². The number of carbonyl (C=O) groups excluding carboxylic acids is 1. The van der Waals surface area contributed by atoms with Crippen molar-refractivity contribution >= 4 is 11.7 Å². The Bertz CT molecular complexity index is 377. The summed E-state index contributed by atoms with van der Waals surface area (Å²) in [5.74, 6) is 0.808. The van der Waals surface area contributed by atoms with Gasteiger partial charge in [-0.3, -0.25) is 4.79 Å². The minimum absolute atomic E-state index is 0.0593. The van der Waals surface area contributed by atoms with Gasteiger partial charge in [0, 0.05) is 30.9 Å². The van der Waals surface area contributed by atoms with Crippen molar-refractivity contribution in [3.05, 3.63) is 23.9 Å². The van der Waals surface area contributed by atoms with Crippen LogP contribution in [0.25, 0.3) is 0 Å². The third-order valence-electron chi connectivity index (χ3n) is 2.59. The Morgan fingerprint density at radius 1 is 1.47 bits per heavy atom. The van der Waals surface area contributed by atoms with Crippen LogP contribution >= 0.6 is 0 Å². The molecule has 1 N–H and O–H groups in total. The van der Waals surface area contributed by atoms with Crippen molar-refractivity contribution in [1.29, 1.82) is 0 Å². The molecule has 17 heavy (non-hydrogen) atoms. The molecule has 0 saturated heterocycles. The summed E-state index contributed by atoms with van der Waals surface area (Å²) in [6.07, 6.45) is 1.67. The van der Waals surface area contributed by atoms with E-state index in [2.05, 4.69) is 10.3 Å². The average molecular weight is 235 g/mol. The Morgan fingerprint density at radius 3 is 2.71 bits per heavy atom. The lowest BCUT2D eigenvalue weighted by molar-refractivity contribution is 0.0717. The van der Waals surface area contributed by atoms with Crippen LogP contribution in [0.3, 0.4) is 0 Å². The van der Waals surface area contributed by atoms with Crippen LogP contribution < -0.4 is 5.32 Å². The maximum atomic E-state index is 12.2. The van der Waals surface area contributed by atoms with E-state index >= 15 is 0 Å². The van der Waals surface area contributed by atoms with Crippen LogP contribution in [0.4, 0.5) is 5.82 Å². The van der Waals surface area contributed by atoms with Crippen molar-refractivity contribution in [3.8, 4) is 0 Å². The van der Waals surface area contributed by atoms with Crippen LogP contribution in [0.15, 0.2) is 18.3 Å². The number of nitrogens with one attached hydrogen (secondary N) is 1. The maximum Gasteiger partial charge on any atom is 0.254 e. The summed E-state index contributed by atoms with van der Waals surface area (Å²) in [6, 6.07) is 3.77. The Labute approximate surface area is 103 Å². The summed E-state index contributed by atoms with van der Waals surface area (Å²) in [4.78, 5) is 18.2. The van der Waals surface area contributed by atoms with Gasteiger partial charge in [-0.1, -0.05) is 0 Å². The predicted octanol–water partition coefficient (Wildman–Crippen LogP) is 2.38. The number of hydrogen-bond acceptors (Lipinski definition) is 3. The number of carbonyl (C=O) groups is 1. The second-order valence-electron chi connectivity index (χ2n) is 4.15. The van der Waals surface area contributed by atoms with E-state index in [9.17, 15) is 4.79 Å². The number of nitrogens with zero attached hydrogens (tertiary/aromatic N) is 2. The number of rotatable bonds is 5. The van der Waals surface area contributed by atoms with Gasteiger partial charge in [0.25, 0.3) is 5.91 Å². The molecule has 0 aromatic carbocycles. The SMILES string of the molecule is CCNc1cc(C(=O)N(CC)C(C)C)ccn1. The van der Waals surface area contributed by atoms with Gasteiger partial charge in [0.05, 0.1) is 0 Å². The van der Waals surface area contributed by atoms with Gasteiger partial charge < -0.3 is 10.2 Å². The zero-order valence-electron chi connectivity index (χ0n) is 11.0.